The molecular formula is C24H18FN5O2S. The molecule has 33 heavy (non-hydrogen) atoms. The second-order valence-corrected chi connectivity index (χ2v) is 7.91. The van der Waals surface area contributed by atoms with Crippen LogP contribution in [0.5, 0.6) is 0 Å². The molecule has 5 rings (SSSR count). The van der Waals surface area contributed by atoms with Gasteiger partial charge in [0.15, 0.2) is 5.11 Å². The lowest BCUT2D eigenvalue weighted by molar-refractivity contribution is -0.384. The molecule has 0 amide bonds. The number of hydrogen-bond acceptors (Lipinski definition) is 4. The molecule has 3 heterocycles. The first-order valence-electron chi connectivity index (χ1n) is 10.2. The Bertz CT molecular complexity index is 1330. The molecule has 7 nitrogen and oxygen atoms in total. The summed E-state index contributed by atoms with van der Waals surface area (Å²) in [5, 5.41) is 14.8. The molecule has 0 radical (unpaired) electrons. The van der Waals surface area contributed by atoms with Crippen molar-refractivity contribution in [1.82, 2.24) is 14.9 Å². The molecule has 0 unspecified atom stereocenters. The van der Waals surface area contributed by atoms with Gasteiger partial charge in [0.25, 0.3) is 5.69 Å². The van der Waals surface area contributed by atoms with Gasteiger partial charge < -0.3 is 14.8 Å². The van der Waals surface area contributed by atoms with Crippen LogP contribution in [0.4, 0.5) is 15.8 Å². The molecule has 4 aromatic rings. The highest BCUT2D eigenvalue weighted by molar-refractivity contribution is 7.80. The number of pyridine rings is 1. The molecule has 1 fully saturated rings. The van der Waals surface area contributed by atoms with Crippen LogP contribution in [0.2, 0.25) is 0 Å². The van der Waals surface area contributed by atoms with Crippen LogP contribution in [0.1, 0.15) is 23.5 Å². The maximum Gasteiger partial charge on any atom is 0.269 e. The average molecular weight is 460 g/mol. The summed E-state index contributed by atoms with van der Waals surface area (Å²) in [6.45, 7) is 0. The van der Waals surface area contributed by atoms with E-state index in [-0.39, 0.29) is 17.5 Å². The van der Waals surface area contributed by atoms with Crippen molar-refractivity contribution < 1.29 is 9.31 Å². The van der Waals surface area contributed by atoms with Crippen LogP contribution >= 0.6 is 12.2 Å². The van der Waals surface area contributed by atoms with Gasteiger partial charge in [0.05, 0.1) is 22.3 Å². The molecule has 164 valence electrons. The highest BCUT2D eigenvalue weighted by Crippen LogP contribution is 2.42. The Labute approximate surface area is 194 Å². The van der Waals surface area contributed by atoms with E-state index in [1.807, 2.05) is 41.1 Å². The van der Waals surface area contributed by atoms with Gasteiger partial charge in [0.2, 0.25) is 0 Å². The third-order valence-corrected chi connectivity index (χ3v) is 5.95. The zero-order chi connectivity index (χ0) is 22.9. The third kappa shape index (κ3) is 3.72. The first-order chi connectivity index (χ1) is 16.0. The van der Waals surface area contributed by atoms with Crippen LogP contribution in [-0.2, 0) is 0 Å². The number of benzene rings is 2. The second kappa shape index (κ2) is 8.44. The summed E-state index contributed by atoms with van der Waals surface area (Å²) < 4.78 is 16.8. The number of non-ortho nitro benzene ring substituents is 1. The Balaban J connectivity index is 1.65. The van der Waals surface area contributed by atoms with E-state index in [4.69, 9.17) is 12.2 Å². The first-order valence-corrected chi connectivity index (χ1v) is 10.6. The number of aromatic nitrogens is 2. The van der Waals surface area contributed by atoms with Crippen molar-refractivity contribution in [1.29, 1.82) is 0 Å². The van der Waals surface area contributed by atoms with Crippen molar-refractivity contribution in [3.63, 3.8) is 0 Å². The maximum absolute atomic E-state index is 14.9. The fraction of sp³-hybridized carbons (Fsp3) is 0.0833. The van der Waals surface area contributed by atoms with E-state index in [2.05, 4.69) is 10.3 Å². The lowest BCUT2D eigenvalue weighted by Gasteiger charge is -2.29. The number of thiocarbonyl (C=S) groups is 1. The number of hydrogen-bond donors (Lipinski definition) is 1. The zero-order valence-corrected chi connectivity index (χ0v) is 18.0. The summed E-state index contributed by atoms with van der Waals surface area (Å²) in [6, 6.07) is 21.5. The molecular weight excluding hydrogens is 441 g/mol. The van der Waals surface area contributed by atoms with E-state index in [1.165, 1.54) is 18.2 Å². The van der Waals surface area contributed by atoms with Crippen molar-refractivity contribution in [2.75, 3.05) is 4.90 Å². The molecule has 2 atom stereocenters. The molecule has 1 saturated heterocycles. The highest BCUT2D eigenvalue weighted by Gasteiger charge is 2.43. The van der Waals surface area contributed by atoms with E-state index in [9.17, 15) is 14.5 Å². The number of anilines is 1. The lowest BCUT2D eigenvalue weighted by atomic mass is 10.0. The highest BCUT2D eigenvalue weighted by atomic mass is 32.1. The van der Waals surface area contributed by atoms with Gasteiger partial charge in [0, 0.05) is 35.9 Å². The van der Waals surface area contributed by atoms with Gasteiger partial charge in [-0.1, -0.05) is 18.2 Å². The number of halogens is 1. The standard InChI is InChI=1S/C24H18FN5O2S/c25-18-6-1-2-8-20(18)29-23(22(27-24(29)33)19-7-3-4-14-26-19)21-9-5-15-28(21)16-10-12-17(13-11-16)30(31)32/h1-15,22-23H,(H,27,33)/t22-,23-/m1/s1. The molecule has 0 bridgehead atoms. The lowest BCUT2D eigenvalue weighted by Crippen LogP contribution is -2.31. The molecule has 1 aliphatic heterocycles. The molecule has 1 aliphatic rings. The van der Waals surface area contributed by atoms with Crippen molar-refractivity contribution in [3.8, 4) is 5.69 Å². The quantitative estimate of drug-likeness (QED) is 0.254. The summed E-state index contributed by atoms with van der Waals surface area (Å²) in [5.41, 5.74) is 2.70. The molecule has 0 aliphatic carbocycles. The molecule has 0 saturated carbocycles. The maximum atomic E-state index is 14.9. The minimum atomic E-state index is -0.434. The van der Waals surface area contributed by atoms with Crippen LogP contribution in [0, 0.1) is 15.9 Å². The SMILES string of the molecule is O=[N+]([O-])c1ccc(-n2cccc2[C@@H]2[C@@H](c3ccccn3)NC(=S)N2c2ccccc2F)cc1. The zero-order valence-electron chi connectivity index (χ0n) is 17.2. The monoisotopic (exact) mass is 459 g/mol. The van der Waals surface area contributed by atoms with Crippen LogP contribution in [0.15, 0.2) is 91.3 Å². The normalized spacial score (nSPS) is 17.7. The van der Waals surface area contributed by atoms with E-state index < -0.39 is 11.0 Å². The summed E-state index contributed by atoms with van der Waals surface area (Å²) in [5.74, 6) is -0.387. The Morgan fingerprint density at radius 1 is 1.00 bits per heavy atom. The summed E-state index contributed by atoms with van der Waals surface area (Å²) in [6.07, 6.45) is 3.57. The van der Waals surface area contributed by atoms with Gasteiger partial charge in [0.1, 0.15) is 11.9 Å². The third-order valence-electron chi connectivity index (χ3n) is 5.63. The molecule has 2 aromatic heterocycles. The number of nitro groups is 1. The Hall–Kier alpha value is -4.11. The fourth-order valence-electron chi connectivity index (χ4n) is 4.17. The largest absolute Gasteiger partial charge is 0.351 e. The predicted molar refractivity (Wildman–Crippen MR) is 127 cm³/mol. The molecule has 9 heteroatoms. The molecule has 0 spiro atoms. The summed E-state index contributed by atoms with van der Waals surface area (Å²) in [7, 11) is 0. The molecule has 2 aromatic carbocycles. The van der Waals surface area contributed by atoms with E-state index >= 15 is 0 Å². The Kier molecular flexibility index (Phi) is 5.31. The van der Waals surface area contributed by atoms with Crippen LogP contribution < -0.4 is 10.2 Å². The predicted octanol–water partition coefficient (Wildman–Crippen LogP) is 5.10. The van der Waals surface area contributed by atoms with Crippen LogP contribution in [-0.4, -0.2) is 19.6 Å². The molecule has 1 N–H and O–H groups in total. The minimum absolute atomic E-state index is 0.00973. The Morgan fingerprint density at radius 2 is 1.76 bits per heavy atom. The van der Waals surface area contributed by atoms with Gasteiger partial charge >= 0.3 is 0 Å². The van der Waals surface area contributed by atoms with Gasteiger partial charge in [-0.15, -0.1) is 0 Å². The average Bonchev–Trinajstić information content (AvgIpc) is 3.44. The summed E-state index contributed by atoms with van der Waals surface area (Å²) in [4.78, 5) is 16.9. The van der Waals surface area contributed by atoms with E-state index in [0.29, 0.717) is 10.8 Å². The number of nitro benzene ring substituents is 1. The van der Waals surface area contributed by atoms with Crippen molar-refractivity contribution >= 4 is 28.7 Å². The number of rotatable bonds is 5. The smallest absolute Gasteiger partial charge is 0.269 e. The topological polar surface area (TPSA) is 76.2 Å². The van der Waals surface area contributed by atoms with Gasteiger partial charge in [-0.2, -0.15) is 0 Å². The van der Waals surface area contributed by atoms with Crippen molar-refractivity contribution in [2.24, 2.45) is 0 Å². The minimum Gasteiger partial charge on any atom is -0.351 e. The first kappa shape index (κ1) is 20.8. The van der Waals surface area contributed by atoms with Gasteiger partial charge in [-0.25, -0.2) is 4.39 Å². The number of nitrogens with one attached hydrogen (secondary N) is 1. The van der Waals surface area contributed by atoms with Gasteiger partial charge in [-0.05, 0) is 60.7 Å². The number of para-hydroxylation sites is 1. The second-order valence-electron chi connectivity index (χ2n) is 7.52. The summed E-state index contributed by atoms with van der Waals surface area (Å²) >= 11 is 5.65. The van der Waals surface area contributed by atoms with Crippen LogP contribution in [0.3, 0.4) is 0 Å². The van der Waals surface area contributed by atoms with E-state index in [1.54, 1.807) is 41.4 Å². The van der Waals surface area contributed by atoms with Crippen LogP contribution in [0.25, 0.3) is 5.69 Å². The van der Waals surface area contributed by atoms with Crippen molar-refractivity contribution in [3.05, 3.63) is 119 Å². The van der Waals surface area contributed by atoms with E-state index in [0.717, 1.165) is 17.1 Å². The fourth-order valence-corrected chi connectivity index (χ4v) is 4.51. The van der Waals surface area contributed by atoms with Crippen molar-refractivity contribution in [2.45, 2.75) is 12.1 Å². The van der Waals surface area contributed by atoms with Gasteiger partial charge in [-0.3, -0.25) is 15.1 Å². The number of nitrogens with zero attached hydrogens (tertiary/aromatic N) is 4. The Morgan fingerprint density at radius 3 is 2.45 bits per heavy atom.